The number of benzene rings is 2. The second-order valence-electron chi connectivity index (χ2n) is 3.34. The Morgan fingerprint density at radius 2 is 1.71 bits per heavy atom. The van der Waals surface area contributed by atoms with Crippen molar-refractivity contribution in [2.45, 2.75) is 6.92 Å². The standard InChI is InChI=1S/C12H11NS/c1-8-6-7-11(12(13)14)10-5-3-2-4-9(8)10/h2-7H,1H3,(H2,13,14). The lowest BCUT2D eigenvalue weighted by Gasteiger charge is -2.06. The molecule has 0 aliphatic rings. The van der Waals surface area contributed by atoms with Gasteiger partial charge >= 0.3 is 0 Å². The second kappa shape index (κ2) is 3.39. The number of fused-ring (bicyclic) bond motifs is 1. The zero-order valence-corrected chi connectivity index (χ0v) is 8.77. The summed E-state index contributed by atoms with van der Waals surface area (Å²) < 4.78 is 0. The number of thiocarbonyl (C=S) groups is 1. The van der Waals surface area contributed by atoms with Gasteiger partial charge in [-0.15, -0.1) is 0 Å². The summed E-state index contributed by atoms with van der Waals surface area (Å²) >= 11 is 5.01. The average Bonchev–Trinajstić information content (AvgIpc) is 2.18. The van der Waals surface area contributed by atoms with Crippen LogP contribution in [0, 0.1) is 6.92 Å². The first-order valence-corrected chi connectivity index (χ1v) is 4.89. The lowest BCUT2D eigenvalue weighted by Crippen LogP contribution is -2.09. The largest absolute Gasteiger partial charge is 0.389 e. The van der Waals surface area contributed by atoms with Crippen LogP contribution in [0.4, 0.5) is 0 Å². The van der Waals surface area contributed by atoms with Gasteiger partial charge in [0.05, 0.1) is 0 Å². The SMILES string of the molecule is Cc1ccc(C(N)=S)c2ccccc12. The number of hydrogen-bond donors (Lipinski definition) is 1. The van der Waals surface area contributed by atoms with Gasteiger partial charge < -0.3 is 5.73 Å². The number of rotatable bonds is 1. The third-order valence-electron chi connectivity index (χ3n) is 2.41. The van der Waals surface area contributed by atoms with E-state index in [2.05, 4.69) is 25.1 Å². The van der Waals surface area contributed by atoms with Gasteiger partial charge in [-0.25, -0.2) is 0 Å². The van der Waals surface area contributed by atoms with E-state index >= 15 is 0 Å². The fourth-order valence-corrected chi connectivity index (χ4v) is 1.84. The van der Waals surface area contributed by atoms with E-state index in [0.29, 0.717) is 4.99 Å². The molecule has 2 aromatic rings. The van der Waals surface area contributed by atoms with Gasteiger partial charge in [0.2, 0.25) is 0 Å². The lowest BCUT2D eigenvalue weighted by molar-refractivity contribution is 1.52. The minimum absolute atomic E-state index is 0.459. The summed E-state index contributed by atoms with van der Waals surface area (Å²) in [6.45, 7) is 2.09. The molecule has 0 fully saturated rings. The fraction of sp³-hybridized carbons (Fsp3) is 0.0833. The minimum Gasteiger partial charge on any atom is -0.389 e. The quantitative estimate of drug-likeness (QED) is 0.718. The van der Waals surface area contributed by atoms with Crippen molar-refractivity contribution in [2.24, 2.45) is 5.73 Å². The highest BCUT2D eigenvalue weighted by atomic mass is 32.1. The molecule has 14 heavy (non-hydrogen) atoms. The molecule has 0 bridgehead atoms. The maximum absolute atomic E-state index is 5.66. The van der Waals surface area contributed by atoms with E-state index in [0.717, 1.165) is 10.9 Å². The molecule has 0 spiro atoms. The molecule has 0 aromatic heterocycles. The van der Waals surface area contributed by atoms with Crippen LogP contribution in [0.3, 0.4) is 0 Å². The Morgan fingerprint density at radius 3 is 2.36 bits per heavy atom. The van der Waals surface area contributed by atoms with E-state index in [9.17, 15) is 0 Å². The molecule has 0 aliphatic heterocycles. The molecular formula is C12H11NS. The Labute approximate surface area is 88.5 Å². The molecule has 0 heterocycles. The molecule has 2 heteroatoms. The van der Waals surface area contributed by atoms with E-state index in [-0.39, 0.29) is 0 Å². The number of hydrogen-bond acceptors (Lipinski definition) is 1. The third-order valence-corrected chi connectivity index (χ3v) is 2.63. The summed E-state index contributed by atoms with van der Waals surface area (Å²) in [5.41, 5.74) is 7.87. The summed E-state index contributed by atoms with van der Waals surface area (Å²) in [5, 5.41) is 2.36. The third kappa shape index (κ3) is 1.38. The van der Waals surface area contributed by atoms with Crippen LogP contribution in [-0.2, 0) is 0 Å². The van der Waals surface area contributed by atoms with E-state index in [1.54, 1.807) is 0 Å². The summed E-state index contributed by atoms with van der Waals surface area (Å²) in [7, 11) is 0. The van der Waals surface area contributed by atoms with Crippen molar-refractivity contribution < 1.29 is 0 Å². The molecule has 0 saturated carbocycles. The van der Waals surface area contributed by atoms with Gasteiger partial charge in [0.1, 0.15) is 4.99 Å². The molecule has 2 N–H and O–H groups in total. The van der Waals surface area contributed by atoms with Gasteiger partial charge in [-0.1, -0.05) is 48.6 Å². The van der Waals surface area contributed by atoms with Crippen LogP contribution >= 0.6 is 12.2 Å². The highest BCUT2D eigenvalue weighted by Gasteiger charge is 2.04. The van der Waals surface area contributed by atoms with E-state index < -0.39 is 0 Å². The normalized spacial score (nSPS) is 10.4. The Balaban J connectivity index is 2.88. The number of aryl methyl sites for hydroxylation is 1. The molecule has 0 aliphatic carbocycles. The van der Waals surface area contributed by atoms with Crippen LogP contribution in [0.2, 0.25) is 0 Å². The van der Waals surface area contributed by atoms with E-state index in [1.165, 1.54) is 10.9 Å². The molecule has 2 aromatic carbocycles. The molecule has 0 saturated heterocycles. The summed E-state index contributed by atoms with van der Waals surface area (Å²) in [5.74, 6) is 0. The topological polar surface area (TPSA) is 26.0 Å². The molecule has 0 radical (unpaired) electrons. The van der Waals surface area contributed by atoms with Crippen molar-refractivity contribution in [1.82, 2.24) is 0 Å². The Bertz CT molecular complexity index is 503. The van der Waals surface area contributed by atoms with Gasteiger partial charge in [-0.2, -0.15) is 0 Å². The maximum Gasteiger partial charge on any atom is 0.104 e. The Morgan fingerprint density at radius 1 is 1.07 bits per heavy atom. The van der Waals surface area contributed by atoms with Crippen LogP contribution in [0.1, 0.15) is 11.1 Å². The minimum atomic E-state index is 0.459. The van der Waals surface area contributed by atoms with Crippen molar-refractivity contribution >= 4 is 28.0 Å². The first-order chi connectivity index (χ1) is 6.70. The van der Waals surface area contributed by atoms with Crippen molar-refractivity contribution in [3.8, 4) is 0 Å². The smallest absolute Gasteiger partial charge is 0.104 e. The first-order valence-electron chi connectivity index (χ1n) is 4.48. The molecule has 0 amide bonds. The highest BCUT2D eigenvalue weighted by molar-refractivity contribution is 7.80. The first kappa shape index (κ1) is 9.16. The highest BCUT2D eigenvalue weighted by Crippen LogP contribution is 2.21. The van der Waals surface area contributed by atoms with Crippen molar-refractivity contribution in [2.75, 3.05) is 0 Å². The van der Waals surface area contributed by atoms with Gasteiger partial charge in [-0.3, -0.25) is 0 Å². The summed E-state index contributed by atoms with van der Waals surface area (Å²) in [4.78, 5) is 0.459. The van der Waals surface area contributed by atoms with Gasteiger partial charge in [0, 0.05) is 5.56 Å². The lowest BCUT2D eigenvalue weighted by atomic mass is 10.0. The Kier molecular flexibility index (Phi) is 2.22. The van der Waals surface area contributed by atoms with Crippen molar-refractivity contribution in [1.29, 1.82) is 0 Å². The summed E-state index contributed by atoms with van der Waals surface area (Å²) in [6, 6.07) is 12.2. The molecule has 0 unspecified atom stereocenters. The zero-order valence-electron chi connectivity index (χ0n) is 7.95. The number of nitrogens with two attached hydrogens (primary N) is 1. The molecule has 70 valence electrons. The van der Waals surface area contributed by atoms with Crippen LogP contribution in [0.15, 0.2) is 36.4 Å². The molecule has 0 atom stereocenters. The van der Waals surface area contributed by atoms with Crippen molar-refractivity contribution in [3.05, 3.63) is 47.5 Å². The van der Waals surface area contributed by atoms with Crippen molar-refractivity contribution in [3.63, 3.8) is 0 Å². The van der Waals surface area contributed by atoms with Gasteiger partial charge in [0.15, 0.2) is 0 Å². The zero-order chi connectivity index (χ0) is 10.1. The van der Waals surface area contributed by atoms with Crippen LogP contribution < -0.4 is 5.73 Å². The molecular weight excluding hydrogens is 190 g/mol. The predicted molar refractivity (Wildman–Crippen MR) is 64.6 cm³/mol. The monoisotopic (exact) mass is 201 g/mol. The fourth-order valence-electron chi connectivity index (χ4n) is 1.66. The second-order valence-corrected chi connectivity index (χ2v) is 3.78. The van der Waals surface area contributed by atoms with Crippen LogP contribution in [0.5, 0.6) is 0 Å². The Hall–Kier alpha value is -1.41. The van der Waals surface area contributed by atoms with Gasteiger partial charge in [-0.05, 0) is 23.3 Å². The predicted octanol–water partition coefficient (Wildman–Crippen LogP) is 2.78. The van der Waals surface area contributed by atoms with Crippen LogP contribution in [-0.4, -0.2) is 4.99 Å². The molecule has 2 rings (SSSR count). The van der Waals surface area contributed by atoms with E-state index in [4.69, 9.17) is 18.0 Å². The van der Waals surface area contributed by atoms with E-state index in [1.807, 2.05) is 18.2 Å². The van der Waals surface area contributed by atoms with Crippen LogP contribution in [0.25, 0.3) is 10.8 Å². The van der Waals surface area contributed by atoms with Gasteiger partial charge in [0.25, 0.3) is 0 Å². The average molecular weight is 201 g/mol. The molecule has 1 nitrogen and oxygen atoms in total. The maximum atomic E-state index is 5.66. The summed E-state index contributed by atoms with van der Waals surface area (Å²) in [6.07, 6.45) is 0.